The average Bonchev–Trinajstić information content (AvgIpc) is 2.38. The topological polar surface area (TPSA) is 3.24 Å². The minimum atomic E-state index is -0.447. The van der Waals surface area contributed by atoms with Crippen molar-refractivity contribution in [3.63, 3.8) is 0 Å². The van der Waals surface area contributed by atoms with Gasteiger partial charge in [-0.25, -0.2) is 8.78 Å². The summed E-state index contributed by atoms with van der Waals surface area (Å²) in [4.78, 5) is 1.85. The fraction of sp³-hybridized carbons (Fsp3) is 0.600. The van der Waals surface area contributed by atoms with Crippen LogP contribution in [0.5, 0.6) is 0 Å². The number of rotatable bonds is 3. The molecule has 0 N–H and O–H groups in total. The quantitative estimate of drug-likeness (QED) is 0.723. The molecule has 1 fully saturated rings. The molecule has 4 heteroatoms. The number of anilines is 1. The predicted octanol–water partition coefficient (Wildman–Crippen LogP) is 4.73. The summed E-state index contributed by atoms with van der Waals surface area (Å²) in [5, 5.41) is 0.469. The van der Waals surface area contributed by atoms with E-state index in [1.165, 1.54) is 12.1 Å². The molecule has 1 aliphatic heterocycles. The molecule has 0 unspecified atom stereocenters. The summed E-state index contributed by atoms with van der Waals surface area (Å²) in [6.45, 7) is 5.91. The first-order valence-electron chi connectivity index (χ1n) is 6.81. The molecule has 0 aromatic heterocycles. The van der Waals surface area contributed by atoms with Gasteiger partial charge in [-0.2, -0.15) is 0 Å². The Morgan fingerprint density at radius 3 is 2.16 bits per heavy atom. The first-order valence-corrected chi connectivity index (χ1v) is 7.94. The van der Waals surface area contributed by atoms with Crippen molar-refractivity contribution in [3.8, 4) is 0 Å². The summed E-state index contributed by atoms with van der Waals surface area (Å²) in [6, 6.07) is 2.84. The van der Waals surface area contributed by atoms with Crippen molar-refractivity contribution >= 4 is 21.6 Å². The highest BCUT2D eigenvalue weighted by atomic mass is 79.9. The van der Waals surface area contributed by atoms with Crippen LogP contribution in [0.25, 0.3) is 0 Å². The van der Waals surface area contributed by atoms with Gasteiger partial charge in [0.1, 0.15) is 17.3 Å². The van der Waals surface area contributed by atoms with Gasteiger partial charge in [0.15, 0.2) is 0 Å². The van der Waals surface area contributed by atoms with Gasteiger partial charge in [-0.3, -0.25) is 0 Å². The van der Waals surface area contributed by atoms with Crippen LogP contribution in [0.15, 0.2) is 12.1 Å². The average molecular weight is 332 g/mol. The number of hydrogen-bond acceptors (Lipinski definition) is 1. The SMILES string of the molecule is CC(C)C1CCN(c2c(F)cc(CBr)cc2F)CC1. The van der Waals surface area contributed by atoms with Crippen molar-refractivity contribution in [1.29, 1.82) is 0 Å². The Hall–Kier alpha value is -0.640. The summed E-state index contributed by atoms with van der Waals surface area (Å²) in [7, 11) is 0. The Bertz CT molecular complexity index is 417. The number of benzene rings is 1. The summed E-state index contributed by atoms with van der Waals surface area (Å²) >= 11 is 3.22. The van der Waals surface area contributed by atoms with Crippen molar-refractivity contribution < 1.29 is 8.78 Å². The van der Waals surface area contributed by atoms with E-state index in [0.29, 0.717) is 22.7 Å². The van der Waals surface area contributed by atoms with Gasteiger partial charge >= 0.3 is 0 Å². The van der Waals surface area contributed by atoms with E-state index in [0.717, 1.165) is 25.9 Å². The number of hydrogen-bond donors (Lipinski definition) is 0. The third-order valence-corrected chi connectivity index (χ3v) is 4.68. The second-order valence-electron chi connectivity index (χ2n) is 5.61. The van der Waals surface area contributed by atoms with E-state index in [1.54, 1.807) is 0 Å². The molecule has 0 atom stereocenters. The van der Waals surface area contributed by atoms with Crippen LogP contribution >= 0.6 is 15.9 Å². The molecule has 0 bridgehead atoms. The van der Waals surface area contributed by atoms with Crippen molar-refractivity contribution in [2.45, 2.75) is 32.0 Å². The van der Waals surface area contributed by atoms with Gasteiger partial charge in [0.05, 0.1) is 0 Å². The van der Waals surface area contributed by atoms with Gasteiger partial charge in [0.2, 0.25) is 0 Å². The van der Waals surface area contributed by atoms with E-state index in [2.05, 4.69) is 29.8 Å². The fourth-order valence-electron chi connectivity index (χ4n) is 2.79. The third-order valence-electron chi connectivity index (χ3n) is 4.03. The fourth-order valence-corrected chi connectivity index (χ4v) is 3.11. The zero-order valence-electron chi connectivity index (χ0n) is 11.4. The van der Waals surface area contributed by atoms with Gasteiger partial charge in [0, 0.05) is 18.4 Å². The van der Waals surface area contributed by atoms with Crippen LogP contribution in [-0.2, 0) is 5.33 Å². The van der Waals surface area contributed by atoms with Crippen molar-refractivity contribution in [3.05, 3.63) is 29.3 Å². The maximum Gasteiger partial charge on any atom is 0.149 e. The zero-order valence-corrected chi connectivity index (χ0v) is 13.0. The zero-order chi connectivity index (χ0) is 14.0. The lowest BCUT2D eigenvalue weighted by Crippen LogP contribution is -2.36. The second kappa shape index (κ2) is 6.21. The van der Waals surface area contributed by atoms with E-state index < -0.39 is 11.6 Å². The third kappa shape index (κ3) is 3.28. The smallest absolute Gasteiger partial charge is 0.149 e. The van der Waals surface area contributed by atoms with Gasteiger partial charge < -0.3 is 4.90 Å². The van der Waals surface area contributed by atoms with Crippen LogP contribution in [0.4, 0.5) is 14.5 Å². The molecule has 1 heterocycles. The first-order chi connectivity index (χ1) is 9.02. The monoisotopic (exact) mass is 331 g/mol. The highest BCUT2D eigenvalue weighted by Gasteiger charge is 2.25. The molecule has 0 aliphatic carbocycles. The number of halogens is 3. The molecular weight excluding hydrogens is 312 g/mol. The molecule has 2 rings (SSSR count). The molecule has 1 aliphatic rings. The van der Waals surface area contributed by atoms with Gasteiger partial charge in [-0.15, -0.1) is 0 Å². The second-order valence-corrected chi connectivity index (χ2v) is 6.17. The van der Waals surface area contributed by atoms with Crippen molar-refractivity contribution in [1.82, 2.24) is 0 Å². The highest BCUT2D eigenvalue weighted by molar-refractivity contribution is 9.08. The van der Waals surface area contributed by atoms with Gasteiger partial charge in [-0.1, -0.05) is 29.8 Å². The van der Waals surface area contributed by atoms with E-state index >= 15 is 0 Å². The van der Waals surface area contributed by atoms with Crippen molar-refractivity contribution in [2.24, 2.45) is 11.8 Å². The van der Waals surface area contributed by atoms with Gasteiger partial charge in [-0.05, 0) is 42.4 Å². The summed E-state index contributed by atoms with van der Waals surface area (Å²) in [6.07, 6.45) is 2.02. The van der Waals surface area contributed by atoms with Crippen LogP contribution in [-0.4, -0.2) is 13.1 Å². The lowest BCUT2D eigenvalue weighted by molar-refractivity contribution is 0.309. The van der Waals surface area contributed by atoms with E-state index in [-0.39, 0.29) is 5.69 Å². The van der Waals surface area contributed by atoms with E-state index in [1.807, 2.05) is 4.90 Å². The Morgan fingerprint density at radius 2 is 1.74 bits per heavy atom. The normalized spacial score (nSPS) is 17.3. The van der Waals surface area contributed by atoms with Crippen LogP contribution in [0.1, 0.15) is 32.3 Å². The van der Waals surface area contributed by atoms with E-state index in [9.17, 15) is 8.78 Å². The molecule has 1 aromatic rings. The molecule has 0 spiro atoms. The van der Waals surface area contributed by atoms with Crippen LogP contribution < -0.4 is 4.90 Å². The molecule has 1 aromatic carbocycles. The largest absolute Gasteiger partial charge is 0.367 e. The summed E-state index contributed by atoms with van der Waals surface area (Å²) in [5.41, 5.74) is 0.780. The van der Waals surface area contributed by atoms with Gasteiger partial charge in [0.25, 0.3) is 0 Å². The summed E-state index contributed by atoms with van der Waals surface area (Å²) in [5.74, 6) is 0.423. The minimum absolute atomic E-state index is 0.145. The number of piperidine rings is 1. The molecule has 0 saturated carbocycles. The predicted molar refractivity (Wildman–Crippen MR) is 78.8 cm³/mol. The molecule has 19 heavy (non-hydrogen) atoms. The number of nitrogens with zero attached hydrogens (tertiary/aromatic N) is 1. The maximum atomic E-state index is 14.0. The molecule has 1 saturated heterocycles. The van der Waals surface area contributed by atoms with Crippen LogP contribution in [0.2, 0.25) is 0 Å². The first kappa shape index (κ1) is 14.8. The molecule has 1 nitrogen and oxygen atoms in total. The lowest BCUT2D eigenvalue weighted by atomic mass is 9.86. The van der Waals surface area contributed by atoms with Crippen LogP contribution in [0, 0.1) is 23.5 Å². The van der Waals surface area contributed by atoms with E-state index in [4.69, 9.17) is 0 Å². The Balaban J connectivity index is 2.15. The Morgan fingerprint density at radius 1 is 1.21 bits per heavy atom. The molecular formula is C15H20BrF2N. The summed E-state index contributed by atoms with van der Waals surface area (Å²) < 4.78 is 28.1. The molecule has 0 radical (unpaired) electrons. The number of alkyl halides is 1. The highest BCUT2D eigenvalue weighted by Crippen LogP contribution is 2.31. The lowest BCUT2D eigenvalue weighted by Gasteiger charge is -2.35. The molecule has 0 amide bonds. The standard InChI is InChI=1S/C15H20BrF2N/c1-10(2)12-3-5-19(6-4-12)15-13(17)7-11(9-16)8-14(15)18/h7-8,10,12H,3-6,9H2,1-2H3. The van der Waals surface area contributed by atoms with Crippen LogP contribution in [0.3, 0.4) is 0 Å². The maximum absolute atomic E-state index is 14.0. The Labute approximate surface area is 122 Å². The van der Waals surface area contributed by atoms with Crippen molar-refractivity contribution in [2.75, 3.05) is 18.0 Å². The molecule has 106 valence electrons. The Kier molecular flexibility index (Phi) is 4.82. The minimum Gasteiger partial charge on any atom is -0.367 e.